The van der Waals surface area contributed by atoms with Gasteiger partial charge in [-0.15, -0.1) is 0 Å². The zero-order chi connectivity index (χ0) is 16.6. The van der Waals surface area contributed by atoms with Crippen LogP contribution in [0.2, 0.25) is 5.15 Å². The molecule has 0 amide bonds. The van der Waals surface area contributed by atoms with Gasteiger partial charge in [0.2, 0.25) is 0 Å². The van der Waals surface area contributed by atoms with Gasteiger partial charge in [0.05, 0.1) is 7.11 Å². The molecule has 1 aromatic heterocycles. The molecule has 2 heterocycles. The van der Waals surface area contributed by atoms with E-state index in [0.717, 1.165) is 18.2 Å². The molecule has 5 nitrogen and oxygen atoms in total. The standard InChI is InChI=1S/C16H18ClN3O2S/c1-10-8-19(2)12-7-5-4-6-11(12)9-20(10)16-18-14(17)13(23-16)15(21)22-3/h4-7,10H,8-9H2,1-3H3. The summed E-state index contributed by atoms with van der Waals surface area (Å²) >= 11 is 7.39. The molecule has 0 saturated heterocycles. The molecule has 1 aliphatic heterocycles. The lowest BCUT2D eigenvalue weighted by molar-refractivity contribution is 0.0606. The highest BCUT2D eigenvalue weighted by Crippen LogP contribution is 2.35. The van der Waals surface area contributed by atoms with E-state index in [9.17, 15) is 4.79 Å². The number of aromatic nitrogens is 1. The zero-order valence-corrected chi connectivity index (χ0v) is 14.8. The number of para-hydroxylation sites is 1. The van der Waals surface area contributed by atoms with E-state index < -0.39 is 5.97 Å². The number of carbonyl (C=O) groups is 1. The number of benzene rings is 1. The van der Waals surface area contributed by atoms with Crippen molar-refractivity contribution >= 4 is 39.7 Å². The van der Waals surface area contributed by atoms with Crippen LogP contribution in [-0.2, 0) is 11.3 Å². The lowest BCUT2D eigenvalue weighted by Gasteiger charge is -2.28. The number of rotatable bonds is 2. The van der Waals surface area contributed by atoms with Gasteiger partial charge in [0.15, 0.2) is 15.2 Å². The number of esters is 1. The molecular formula is C16H18ClN3O2S. The maximum Gasteiger partial charge on any atom is 0.351 e. The molecule has 0 bridgehead atoms. The van der Waals surface area contributed by atoms with Crippen molar-refractivity contribution in [1.29, 1.82) is 0 Å². The minimum atomic E-state index is -0.446. The molecular weight excluding hydrogens is 334 g/mol. The van der Waals surface area contributed by atoms with Crippen LogP contribution >= 0.6 is 22.9 Å². The van der Waals surface area contributed by atoms with Crippen LogP contribution in [0.1, 0.15) is 22.2 Å². The average molecular weight is 352 g/mol. The highest BCUT2D eigenvalue weighted by atomic mass is 35.5. The SMILES string of the molecule is COC(=O)c1sc(N2Cc3ccccc3N(C)CC2C)nc1Cl. The van der Waals surface area contributed by atoms with Gasteiger partial charge in [0.1, 0.15) is 0 Å². The summed E-state index contributed by atoms with van der Waals surface area (Å²) in [5, 5.41) is 0.947. The third-order valence-electron chi connectivity index (χ3n) is 4.00. The first-order valence-corrected chi connectivity index (χ1v) is 8.51. The smallest absolute Gasteiger partial charge is 0.351 e. The average Bonchev–Trinajstić information content (AvgIpc) is 2.87. The normalized spacial score (nSPS) is 17.7. The maximum atomic E-state index is 11.8. The van der Waals surface area contributed by atoms with Gasteiger partial charge in [-0.25, -0.2) is 9.78 Å². The van der Waals surface area contributed by atoms with Crippen LogP contribution in [-0.4, -0.2) is 37.7 Å². The van der Waals surface area contributed by atoms with E-state index in [1.165, 1.54) is 29.7 Å². The fraction of sp³-hybridized carbons (Fsp3) is 0.375. The van der Waals surface area contributed by atoms with Crippen molar-refractivity contribution in [3.63, 3.8) is 0 Å². The molecule has 0 aliphatic carbocycles. The Morgan fingerprint density at radius 1 is 1.43 bits per heavy atom. The van der Waals surface area contributed by atoms with Crippen LogP contribution < -0.4 is 9.80 Å². The third-order valence-corrected chi connectivity index (χ3v) is 5.46. The molecule has 3 rings (SSSR count). The van der Waals surface area contributed by atoms with E-state index in [-0.39, 0.29) is 11.2 Å². The Morgan fingerprint density at radius 3 is 2.91 bits per heavy atom. The molecule has 2 aromatic rings. The first-order valence-electron chi connectivity index (χ1n) is 7.31. The van der Waals surface area contributed by atoms with Crippen molar-refractivity contribution in [2.45, 2.75) is 19.5 Å². The van der Waals surface area contributed by atoms with Crippen LogP contribution in [0.25, 0.3) is 0 Å². The second-order valence-corrected chi connectivity index (χ2v) is 6.93. The lowest BCUT2D eigenvalue weighted by atomic mass is 10.1. The Morgan fingerprint density at radius 2 is 2.17 bits per heavy atom. The molecule has 122 valence electrons. The van der Waals surface area contributed by atoms with Crippen LogP contribution in [0.4, 0.5) is 10.8 Å². The van der Waals surface area contributed by atoms with Crippen LogP contribution in [0.5, 0.6) is 0 Å². The highest BCUT2D eigenvalue weighted by molar-refractivity contribution is 7.18. The molecule has 0 spiro atoms. The monoisotopic (exact) mass is 351 g/mol. The summed E-state index contributed by atoms with van der Waals surface area (Å²) in [7, 11) is 3.44. The number of thiazole rings is 1. The van der Waals surface area contributed by atoms with Crippen LogP contribution in [0.3, 0.4) is 0 Å². The second-order valence-electron chi connectivity index (χ2n) is 5.59. The number of ether oxygens (including phenoxy) is 1. The molecule has 1 atom stereocenters. The first kappa shape index (κ1) is 16.1. The van der Waals surface area contributed by atoms with Crippen molar-refractivity contribution < 1.29 is 9.53 Å². The zero-order valence-electron chi connectivity index (χ0n) is 13.2. The molecule has 1 aliphatic rings. The van der Waals surface area contributed by atoms with E-state index in [0.29, 0.717) is 4.88 Å². The summed E-state index contributed by atoms with van der Waals surface area (Å²) in [6.45, 7) is 3.74. The molecule has 0 saturated carbocycles. The summed E-state index contributed by atoms with van der Waals surface area (Å²) in [6.07, 6.45) is 0. The Bertz CT molecular complexity index is 734. The number of anilines is 2. The van der Waals surface area contributed by atoms with Crippen molar-refractivity contribution in [2.24, 2.45) is 0 Å². The minimum absolute atomic E-state index is 0.204. The van der Waals surface area contributed by atoms with Gasteiger partial charge in [-0.3, -0.25) is 0 Å². The van der Waals surface area contributed by atoms with E-state index in [1.54, 1.807) is 0 Å². The number of nitrogens with zero attached hydrogens (tertiary/aromatic N) is 3. The Hall–Kier alpha value is -1.79. The number of hydrogen-bond acceptors (Lipinski definition) is 6. The van der Waals surface area contributed by atoms with Gasteiger partial charge in [0.25, 0.3) is 0 Å². The predicted molar refractivity (Wildman–Crippen MR) is 93.8 cm³/mol. The van der Waals surface area contributed by atoms with Crippen LogP contribution in [0.15, 0.2) is 24.3 Å². The van der Waals surface area contributed by atoms with Crippen molar-refractivity contribution in [2.75, 3.05) is 30.5 Å². The number of carbonyl (C=O) groups excluding carboxylic acids is 1. The Balaban J connectivity index is 1.98. The molecule has 7 heteroatoms. The topological polar surface area (TPSA) is 45.7 Å². The molecule has 0 fully saturated rings. The minimum Gasteiger partial charge on any atom is -0.465 e. The van der Waals surface area contributed by atoms with E-state index in [2.05, 4.69) is 40.9 Å². The lowest BCUT2D eigenvalue weighted by Crippen LogP contribution is -2.38. The molecule has 0 N–H and O–H groups in total. The van der Waals surface area contributed by atoms with Crippen LogP contribution in [0, 0.1) is 0 Å². The van der Waals surface area contributed by atoms with Gasteiger partial charge in [-0.2, -0.15) is 0 Å². The number of fused-ring (bicyclic) bond motifs is 1. The number of hydrogen-bond donors (Lipinski definition) is 0. The molecule has 1 unspecified atom stereocenters. The van der Waals surface area contributed by atoms with Gasteiger partial charge < -0.3 is 14.5 Å². The molecule has 0 radical (unpaired) electrons. The van der Waals surface area contributed by atoms with Gasteiger partial charge in [-0.1, -0.05) is 41.1 Å². The first-order chi connectivity index (χ1) is 11.0. The fourth-order valence-electron chi connectivity index (χ4n) is 2.84. The fourth-order valence-corrected chi connectivity index (χ4v) is 4.14. The van der Waals surface area contributed by atoms with Gasteiger partial charge in [-0.05, 0) is 18.6 Å². The summed E-state index contributed by atoms with van der Waals surface area (Å²) < 4.78 is 4.76. The highest BCUT2D eigenvalue weighted by Gasteiger charge is 2.27. The maximum absolute atomic E-state index is 11.8. The summed E-state index contributed by atoms with van der Waals surface area (Å²) in [6, 6.07) is 8.56. The van der Waals surface area contributed by atoms with Crippen molar-refractivity contribution in [3.8, 4) is 0 Å². The largest absolute Gasteiger partial charge is 0.465 e. The molecule has 23 heavy (non-hydrogen) atoms. The third kappa shape index (κ3) is 3.01. The second kappa shape index (κ2) is 6.37. The summed E-state index contributed by atoms with van der Waals surface area (Å²) in [5.41, 5.74) is 2.45. The van der Waals surface area contributed by atoms with E-state index in [1.807, 2.05) is 12.1 Å². The van der Waals surface area contributed by atoms with Crippen molar-refractivity contribution in [3.05, 3.63) is 39.9 Å². The number of halogens is 1. The number of methoxy groups -OCH3 is 1. The molecule has 1 aromatic carbocycles. The predicted octanol–water partition coefficient (Wildman–Crippen LogP) is 3.43. The Labute approximate surface area is 144 Å². The summed E-state index contributed by atoms with van der Waals surface area (Å²) in [5.74, 6) is -0.446. The van der Waals surface area contributed by atoms with Crippen molar-refractivity contribution in [1.82, 2.24) is 4.98 Å². The van der Waals surface area contributed by atoms with Gasteiger partial charge in [0, 0.05) is 31.9 Å². The summed E-state index contributed by atoms with van der Waals surface area (Å²) in [4.78, 5) is 20.9. The van der Waals surface area contributed by atoms with E-state index >= 15 is 0 Å². The quantitative estimate of drug-likeness (QED) is 0.776. The van der Waals surface area contributed by atoms with E-state index in [4.69, 9.17) is 16.3 Å². The van der Waals surface area contributed by atoms with Gasteiger partial charge >= 0.3 is 5.97 Å². The number of likely N-dealkylation sites (N-methyl/N-ethyl adjacent to an activating group) is 1. The Kier molecular flexibility index (Phi) is 4.46.